The number of hydrogen-bond donors (Lipinski definition) is 1. The van der Waals surface area contributed by atoms with E-state index in [1.807, 2.05) is 36.4 Å². The zero-order valence-corrected chi connectivity index (χ0v) is 30.9. The first-order valence-corrected chi connectivity index (χ1v) is 18.6. The lowest BCUT2D eigenvalue weighted by molar-refractivity contribution is 0.160. The average molecular weight is 730 g/mol. The van der Waals surface area contributed by atoms with Crippen LogP contribution in [0, 0.1) is 18.3 Å². The molecule has 268 valence electrons. The Kier molecular flexibility index (Phi) is 12.7. The molecule has 0 aliphatic carbocycles. The van der Waals surface area contributed by atoms with Gasteiger partial charge in [-0.15, -0.1) is 0 Å². The third-order valence-electron chi connectivity index (χ3n) is 9.79. The Morgan fingerprint density at radius 1 is 0.902 bits per heavy atom. The molecule has 6 rings (SSSR count). The molecule has 0 saturated carbocycles. The molecule has 8 nitrogen and oxygen atoms in total. The van der Waals surface area contributed by atoms with Crippen LogP contribution in [-0.4, -0.2) is 64.8 Å². The van der Waals surface area contributed by atoms with E-state index in [4.69, 9.17) is 37.4 Å². The van der Waals surface area contributed by atoms with Crippen molar-refractivity contribution < 1.29 is 19.3 Å². The Morgan fingerprint density at radius 2 is 1.69 bits per heavy atom. The van der Waals surface area contributed by atoms with Gasteiger partial charge in [-0.3, -0.25) is 9.88 Å². The van der Waals surface area contributed by atoms with Gasteiger partial charge in [0.2, 0.25) is 0 Å². The number of aliphatic hydroxyl groups is 1. The minimum atomic E-state index is -0.224. The highest BCUT2D eigenvalue weighted by molar-refractivity contribution is 6.35. The molecule has 0 unspecified atom stereocenters. The Morgan fingerprint density at radius 3 is 2.47 bits per heavy atom. The Balaban J connectivity index is 1.17. The molecule has 2 fully saturated rings. The lowest BCUT2D eigenvalue weighted by Crippen LogP contribution is -2.29. The number of rotatable bonds is 14. The third-order valence-corrected chi connectivity index (χ3v) is 10.5. The fraction of sp³-hybridized carbons (Fsp3) is 0.415. The summed E-state index contributed by atoms with van der Waals surface area (Å²) in [6, 6.07) is 19.8. The second kappa shape index (κ2) is 17.6. The van der Waals surface area contributed by atoms with Crippen molar-refractivity contribution in [1.82, 2.24) is 14.8 Å². The number of piperidine rings is 1. The van der Waals surface area contributed by atoms with Gasteiger partial charge in [0.15, 0.2) is 0 Å². The molecule has 4 aromatic rings. The lowest BCUT2D eigenvalue weighted by atomic mass is 9.96. The fourth-order valence-electron chi connectivity index (χ4n) is 6.84. The summed E-state index contributed by atoms with van der Waals surface area (Å²) in [5.74, 6) is 1.89. The molecule has 2 saturated heterocycles. The normalized spacial score (nSPS) is 17.2. The van der Waals surface area contributed by atoms with Gasteiger partial charge in [0.25, 0.3) is 0 Å². The lowest BCUT2D eigenvalue weighted by Gasteiger charge is -2.27. The molecule has 3 heterocycles. The zero-order chi connectivity index (χ0) is 35.7. The van der Waals surface area contributed by atoms with Gasteiger partial charge in [0.1, 0.15) is 36.5 Å². The monoisotopic (exact) mass is 728 g/mol. The molecule has 0 bridgehead atoms. The topological polar surface area (TPSA) is 91.1 Å². The molecule has 10 heteroatoms. The first-order chi connectivity index (χ1) is 24.8. The summed E-state index contributed by atoms with van der Waals surface area (Å²) >= 11 is 13.9. The summed E-state index contributed by atoms with van der Waals surface area (Å²) in [6.45, 7) is 10.0. The molecule has 51 heavy (non-hydrogen) atoms. The Labute approximate surface area is 311 Å². The molecule has 0 spiro atoms. The maximum atomic E-state index is 9.84. The van der Waals surface area contributed by atoms with Crippen LogP contribution in [0.25, 0.3) is 11.1 Å². The standard InChI is InChI=1S/C41H46Cl2N4O4/c1-28(12-16-47-17-13-34(48)25-47)51-38-11-7-10-36(41(38)43)35-9-6-8-32(29(35)2)27-50-40-20-39(49-26-31-18-30(21-44)22-45-23-31)33(19-37(40)42)24-46-14-4-3-5-15-46/h6-11,18-20,22-23,28,34,48H,3-5,12-17,24-27H2,1-2H3/t28-,34-/m1/s1. The van der Waals surface area contributed by atoms with Gasteiger partial charge in [-0.05, 0) is 87.5 Å². The first kappa shape index (κ1) is 36.9. The highest BCUT2D eigenvalue weighted by Crippen LogP contribution is 2.39. The van der Waals surface area contributed by atoms with Crippen molar-refractivity contribution in [1.29, 1.82) is 5.26 Å². The predicted octanol–water partition coefficient (Wildman–Crippen LogP) is 8.60. The number of aliphatic hydroxyl groups excluding tert-OH is 1. The highest BCUT2D eigenvalue weighted by atomic mass is 35.5. The van der Waals surface area contributed by atoms with E-state index in [-0.39, 0.29) is 18.8 Å². The maximum absolute atomic E-state index is 9.84. The second-order valence-electron chi connectivity index (χ2n) is 13.7. The number of nitriles is 1. The van der Waals surface area contributed by atoms with Crippen LogP contribution in [0.5, 0.6) is 17.2 Å². The van der Waals surface area contributed by atoms with Crippen molar-refractivity contribution in [3.8, 4) is 34.4 Å². The number of benzene rings is 3. The summed E-state index contributed by atoms with van der Waals surface area (Å²) in [7, 11) is 0. The number of pyridine rings is 1. The molecule has 0 radical (unpaired) electrons. The van der Waals surface area contributed by atoms with E-state index in [2.05, 4.69) is 46.8 Å². The molecule has 1 N–H and O–H groups in total. The smallest absolute Gasteiger partial charge is 0.142 e. The van der Waals surface area contributed by atoms with Gasteiger partial charge in [-0.25, -0.2) is 0 Å². The van der Waals surface area contributed by atoms with Crippen LogP contribution in [0.3, 0.4) is 0 Å². The van der Waals surface area contributed by atoms with Crippen LogP contribution in [-0.2, 0) is 19.8 Å². The van der Waals surface area contributed by atoms with E-state index in [0.29, 0.717) is 39.5 Å². The van der Waals surface area contributed by atoms with Crippen LogP contribution in [0.1, 0.15) is 66.8 Å². The van der Waals surface area contributed by atoms with Gasteiger partial charge in [0, 0.05) is 61.3 Å². The summed E-state index contributed by atoms with van der Waals surface area (Å²) in [5, 5.41) is 20.3. The SMILES string of the molecule is Cc1c(COc2cc(OCc3cncc(C#N)c3)c(CN3CCCCC3)cc2Cl)cccc1-c1cccc(O[C@H](C)CCN2CC[C@@H](O)C2)c1Cl. The van der Waals surface area contributed by atoms with Crippen LogP contribution < -0.4 is 14.2 Å². The van der Waals surface area contributed by atoms with Crippen molar-refractivity contribution in [2.75, 3.05) is 32.7 Å². The summed E-state index contributed by atoms with van der Waals surface area (Å²) in [4.78, 5) is 8.89. The number of aromatic nitrogens is 1. The maximum Gasteiger partial charge on any atom is 0.142 e. The van der Waals surface area contributed by atoms with Gasteiger partial charge < -0.3 is 24.2 Å². The predicted molar refractivity (Wildman–Crippen MR) is 202 cm³/mol. The van der Waals surface area contributed by atoms with Gasteiger partial charge in [0.05, 0.1) is 27.8 Å². The molecule has 1 aromatic heterocycles. The number of halogens is 2. The number of ether oxygens (including phenoxy) is 3. The van der Waals surface area contributed by atoms with Gasteiger partial charge >= 0.3 is 0 Å². The van der Waals surface area contributed by atoms with Crippen molar-refractivity contribution in [2.45, 2.75) is 77.9 Å². The fourth-order valence-corrected chi connectivity index (χ4v) is 7.36. The minimum absolute atomic E-state index is 0.0273. The number of likely N-dealkylation sites (tertiary alicyclic amines) is 2. The summed E-state index contributed by atoms with van der Waals surface area (Å²) in [6.07, 6.45) is 8.31. The quantitative estimate of drug-likeness (QED) is 0.138. The zero-order valence-electron chi connectivity index (χ0n) is 29.4. The molecule has 2 aliphatic heterocycles. The number of hydrogen-bond acceptors (Lipinski definition) is 8. The van der Waals surface area contributed by atoms with Crippen LogP contribution in [0.4, 0.5) is 0 Å². The van der Waals surface area contributed by atoms with Crippen molar-refractivity contribution >= 4 is 23.2 Å². The minimum Gasteiger partial charge on any atom is -0.489 e. The third kappa shape index (κ3) is 9.73. The van der Waals surface area contributed by atoms with Gasteiger partial charge in [-0.1, -0.05) is 60.0 Å². The molecular weight excluding hydrogens is 683 g/mol. The Bertz CT molecular complexity index is 1840. The molecule has 2 atom stereocenters. The number of nitrogens with zero attached hydrogens (tertiary/aromatic N) is 4. The van der Waals surface area contributed by atoms with E-state index >= 15 is 0 Å². The van der Waals surface area contributed by atoms with Crippen LogP contribution in [0.15, 0.2) is 67.0 Å². The van der Waals surface area contributed by atoms with Crippen LogP contribution >= 0.6 is 23.2 Å². The number of β-amino-alcohol motifs (C(OH)–C–C–N with tert-alkyl or cyclic N) is 1. The van der Waals surface area contributed by atoms with Gasteiger partial charge in [-0.2, -0.15) is 5.26 Å². The molecule has 0 amide bonds. The van der Waals surface area contributed by atoms with Crippen molar-refractivity contribution in [2.24, 2.45) is 0 Å². The van der Waals surface area contributed by atoms with E-state index in [1.165, 1.54) is 19.3 Å². The van der Waals surface area contributed by atoms with E-state index in [9.17, 15) is 10.4 Å². The second-order valence-corrected chi connectivity index (χ2v) is 14.5. The van der Waals surface area contributed by atoms with E-state index in [0.717, 1.165) is 85.5 Å². The molecule has 3 aromatic carbocycles. The van der Waals surface area contributed by atoms with E-state index in [1.54, 1.807) is 18.5 Å². The highest BCUT2D eigenvalue weighted by Gasteiger charge is 2.22. The van der Waals surface area contributed by atoms with Crippen molar-refractivity contribution in [3.05, 3.63) is 105 Å². The summed E-state index contributed by atoms with van der Waals surface area (Å²) in [5.41, 5.74) is 6.26. The van der Waals surface area contributed by atoms with Crippen LogP contribution in [0.2, 0.25) is 10.0 Å². The molecular formula is C41H46Cl2N4O4. The average Bonchev–Trinajstić information content (AvgIpc) is 3.56. The first-order valence-electron chi connectivity index (χ1n) is 17.9. The van der Waals surface area contributed by atoms with Crippen molar-refractivity contribution in [3.63, 3.8) is 0 Å². The summed E-state index contributed by atoms with van der Waals surface area (Å²) < 4.78 is 19.1. The molecule has 2 aliphatic rings. The largest absolute Gasteiger partial charge is 0.489 e. The van der Waals surface area contributed by atoms with E-state index < -0.39 is 0 Å². The Hall–Kier alpha value is -3.84.